The summed E-state index contributed by atoms with van der Waals surface area (Å²) in [4.78, 5) is 67.4. The first-order valence-corrected chi connectivity index (χ1v) is 12.2. The van der Waals surface area contributed by atoms with Crippen molar-refractivity contribution in [3.63, 3.8) is 0 Å². The maximum Gasteiger partial charge on any atom is 0.341 e. The summed E-state index contributed by atoms with van der Waals surface area (Å²) in [6.07, 6.45) is -0.589. The fourth-order valence-electron chi connectivity index (χ4n) is 4.58. The van der Waals surface area contributed by atoms with Gasteiger partial charge >= 0.3 is 23.9 Å². The highest BCUT2D eigenvalue weighted by molar-refractivity contribution is 6.23. The Hall–Kier alpha value is -4.35. The minimum atomic E-state index is -2.24. The van der Waals surface area contributed by atoms with E-state index in [2.05, 4.69) is 0 Å². The molecule has 1 spiro atoms. The lowest BCUT2D eigenvalue weighted by Gasteiger charge is -2.36. The number of amides is 1. The summed E-state index contributed by atoms with van der Waals surface area (Å²) in [6, 6.07) is 6.26. The average molecular weight is 531 g/mol. The van der Waals surface area contributed by atoms with Crippen LogP contribution in [0.4, 0.5) is 5.69 Å². The molecule has 1 aromatic rings. The van der Waals surface area contributed by atoms with E-state index < -0.39 is 65.2 Å². The monoisotopic (exact) mass is 530 g/mol. The summed E-state index contributed by atoms with van der Waals surface area (Å²) >= 11 is 0. The van der Waals surface area contributed by atoms with Crippen molar-refractivity contribution in [3.8, 4) is 0 Å². The second kappa shape index (κ2) is 11.8. The number of hydrogen-bond acceptors (Lipinski definition) is 11. The smallest absolute Gasteiger partial charge is 0.341 e. The van der Waals surface area contributed by atoms with Gasteiger partial charge in [-0.2, -0.15) is 0 Å². The van der Waals surface area contributed by atoms with E-state index in [1.54, 1.807) is 45.9 Å². The van der Waals surface area contributed by atoms with Gasteiger partial charge in [0.05, 0.1) is 26.4 Å². The van der Waals surface area contributed by atoms with E-state index in [0.717, 1.165) is 4.90 Å². The molecule has 204 valence electrons. The van der Waals surface area contributed by atoms with Crippen molar-refractivity contribution in [3.05, 3.63) is 52.6 Å². The lowest BCUT2D eigenvalue weighted by atomic mass is 9.67. The fraction of sp³-hybridized carbons (Fsp3) is 0.423. The number of nitrogens with zero attached hydrogens (tertiary/aromatic N) is 1. The van der Waals surface area contributed by atoms with E-state index in [1.807, 2.05) is 0 Å². The number of hydrogen-bond donors (Lipinski definition) is 1. The van der Waals surface area contributed by atoms with Crippen molar-refractivity contribution in [2.75, 3.05) is 37.9 Å². The highest BCUT2D eigenvalue weighted by Gasteiger charge is 2.64. The van der Waals surface area contributed by atoms with Crippen LogP contribution in [0, 0.1) is 0 Å². The van der Waals surface area contributed by atoms with Crippen LogP contribution in [0.1, 0.15) is 39.7 Å². The van der Waals surface area contributed by atoms with Gasteiger partial charge in [-0.05, 0) is 33.8 Å². The molecule has 0 bridgehead atoms. The van der Waals surface area contributed by atoms with Crippen molar-refractivity contribution in [1.82, 2.24) is 0 Å². The van der Waals surface area contributed by atoms with Crippen LogP contribution in [0.25, 0.3) is 0 Å². The van der Waals surface area contributed by atoms with Crippen molar-refractivity contribution in [2.24, 2.45) is 5.73 Å². The topological polar surface area (TPSA) is 161 Å². The highest BCUT2D eigenvalue weighted by atomic mass is 16.6. The molecule has 0 saturated carbocycles. The van der Waals surface area contributed by atoms with Gasteiger partial charge in [-0.25, -0.2) is 9.59 Å². The van der Waals surface area contributed by atoms with E-state index in [1.165, 1.54) is 6.07 Å². The minimum Gasteiger partial charge on any atom is -0.466 e. The van der Waals surface area contributed by atoms with Crippen LogP contribution in [0.3, 0.4) is 0 Å². The Morgan fingerprint density at radius 2 is 1.39 bits per heavy atom. The van der Waals surface area contributed by atoms with E-state index in [9.17, 15) is 24.0 Å². The summed E-state index contributed by atoms with van der Waals surface area (Å²) in [5.74, 6) is -5.28. The Labute approximate surface area is 219 Å². The number of carbonyl (C=O) groups excluding carboxylic acids is 5. The molecule has 12 heteroatoms. The molecule has 2 aliphatic rings. The summed E-state index contributed by atoms with van der Waals surface area (Å²) in [5.41, 5.74) is 3.42. The first kappa shape index (κ1) is 28.2. The molecule has 12 nitrogen and oxygen atoms in total. The number of nitrogens with two attached hydrogens (primary N) is 1. The maximum atomic E-state index is 14.4. The SMILES string of the molecule is CCOC(=O)CC1=C(C(=O)OCC)C2(C(=O)N(CC(=O)OCC)c3ccccc32)C(C(=O)OCC)=C(N)O1. The summed E-state index contributed by atoms with van der Waals surface area (Å²) < 4.78 is 26.2. The van der Waals surface area contributed by atoms with Gasteiger partial charge < -0.3 is 29.4 Å². The summed E-state index contributed by atoms with van der Waals surface area (Å²) in [7, 11) is 0. The number of carbonyl (C=O) groups is 5. The van der Waals surface area contributed by atoms with Crippen LogP contribution in [-0.2, 0) is 53.1 Å². The molecule has 0 aliphatic carbocycles. The van der Waals surface area contributed by atoms with Crippen LogP contribution < -0.4 is 10.6 Å². The number of benzene rings is 1. The van der Waals surface area contributed by atoms with Crippen LogP contribution in [0.15, 0.2) is 47.1 Å². The molecule has 1 unspecified atom stereocenters. The molecule has 2 aliphatic heterocycles. The Bertz CT molecular complexity index is 1220. The Kier molecular flexibility index (Phi) is 8.76. The molecule has 1 amide bonds. The molecule has 0 saturated heterocycles. The van der Waals surface area contributed by atoms with E-state index >= 15 is 0 Å². The minimum absolute atomic E-state index is 0.0421. The second-order valence-corrected chi connectivity index (χ2v) is 8.03. The largest absolute Gasteiger partial charge is 0.466 e. The van der Waals surface area contributed by atoms with Crippen LogP contribution in [-0.4, -0.2) is 62.8 Å². The number of fused-ring (bicyclic) bond motifs is 2. The van der Waals surface area contributed by atoms with Gasteiger partial charge in [-0.15, -0.1) is 0 Å². The van der Waals surface area contributed by atoms with Crippen LogP contribution in [0.5, 0.6) is 0 Å². The van der Waals surface area contributed by atoms with E-state index in [4.69, 9.17) is 29.4 Å². The second-order valence-electron chi connectivity index (χ2n) is 8.03. The molecule has 2 heterocycles. The van der Waals surface area contributed by atoms with Crippen molar-refractivity contribution in [1.29, 1.82) is 0 Å². The molecule has 0 radical (unpaired) electrons. The van der Waals surface area contributed by atoms with Crippen molar-refractivity contribution >= 4 is 35.5 Å². The summed E-state index contributed by atoms with van der Waals surface area (Å²) in [5, 5.41) is 0. The number of para-hydroxylation sites is 1. The molecule has 0 aromatic heterocycles. The zero-order valence-corrected chi connectivity index (χ0v) is 21.7. The van der Waals surface area contributed by atoms with Gasteiger partial charge in [-0.3, -0.25) is 19.3 Å². The molecule has 3 rings (SSSR count). The molecule has 2 N–H and O–H groups in total. The van der Waals surface area contributed by atoms with Gasteiger partial charge in [0.1, 0.15) is 35.3 Å². The highest BCUT2D eigenvalue weighted by Crippen LogP contribution is 2.55. The van der Waals surface area contributed by atoms with E-state index in [0.29, 0.717) is 0 Å². The third kappa shape index (κ3) is 4.81. The number of rotatable bonds is 10. The van der Waals surface area contributed by atoms with Crippen LogP contribution in [0.2, 0.25) is 0 Å². The third-order valence-electron chi connectivity index (χ3n) is 5.84. The molecule has 0 fully saturated rings. The predicted octanol–water partition coefficient (Wildman–Crippen LogP) is 1.37. The van der Waals surface area contributed by atoms with Crippen molar-refractivity contribution < 1.29 is 47.7 Å². The molecule has 38 heavy (non-hydrogen) atoms. The molecule has 1 atom stereocenters. The standard InChI is InChI=1S/C26H30N2O10/c1-5-34-18(29)13-17-20(23(31)36-7-3)26(21(22(27)38-17)24(32)37-8-4)15-11-9-10-12-16(15)28(25(26)33)14-19(30)35-6-2/h9-12H,5-8,13-14,27H2,1-4H3. The Morgan fingerprint density at radius 1 is 0.842 bits per heavy atom. The molecule has 1 aromatic carbocycles. The van der Waals surface area contributed by atoms with Gasteiger partial charge in [-0.1, -0.05) is 18.2 Å². The van der Waals surface area contributed by atoms with E-state index in [-0.39, 0.29) is 43.4 Å². The Balaban J connectivity index is 2.41. The summed E-state index contributed by atoms with van der Waals surface area (Å²) in [6.45, 7) is 5.72. The van der Waals surface area contributed by atoms with Gasteiger partial charge in [0, 0.05) is 11.3 Å². The van der Waals surface area contributed by atoms with Gasteiger partial charge in [0.25, 0.3) is 0 Å². The van der Waals surface area contributed by atoms with Crippen LogP contribution >= 0.6 is 0 Å². The first-order valence-electron chi connectivity index (χ1n) is 12.2. The molecular formula is C26H30N2O10. The maximum absolute atomic E-state index is 14.4. The van der Waals surface area contributed by atoms with Gasteiger partial charge in [0.15, 0.2) is 0 Å². The quantitative estimate of drug-likeness (QED) is 0.344. The van der Waals surface area contributed by atoms with Gasteiger partial charge in [0.2, 0.25) is 11.8 Å². The zero-order chi connectivity index (χ0) is 28.0. The van der Waals surface area contributed by atoms with Crippen molar-refractivity contribution in [2.45, 2.75) is 39.5 Å². The predicted molar refractivity (Wildman–Crippen MR) is 131 cm³/mol. The fourth-order valence-corrected chi connectivity index (χ4v) is 4.58. The Morgan fingerprint density at radius 3 is 2.00 bits per heavy atom. The normalized spacial score (nSPS) is 18.2. The molecular weight excluding hydrogens is 500 g/mol. The third-order valence-corrected chi connectivity index (χ3v) is 5.84. The first-order chi connectivity index (χ1) is 18.2. The average Bonchev–Trinajstić information content (AvgIpc) is 3.08. The lowest BCUT2D eigenvalue weighted by Crippen LogP contribution is -2.52. The lowest BCUT2D eigenvalue weighted by molar-refractivity contribution is -0.144. The number of esters is 4. The number of anilines is 1. The number of ether oxygens (including phenoxy) is 5. The zero-order valence-electron chi connectivity index (χ0n) is 21.7.